The molecule has 1 unspecified atom stereocenters. The molecule has 0 saturated heterocycles. The molecule has 0 aliphatic carbocycles. The molecule has 5 aromatic rings. The first kappa shape index (κ1) is 20.6. The largest absolute Gasteiger partial charge is 0.345 e. The predicted molar refractivity (Wildman–Crippen MR) is 132 cm³/mol. The first-order valence-corrected chi connectivity index (χ1v) is 11.8. The van der Waals surface area contributed by atoms with Gasteiger partial charge in [-0.1, -0.05) is 42.8 Å². The Kier molecular flexibility index (Phi) is 5.09. The summed E-state index contributed by atoms with van der Waals surface area (Å²) in [5.74, 6) is 0.881. The number of benzene rings is 2. The molecule has 0 radical (unpaired) electrons. The summed E-state index contributed by atoms with van der Waals surface area (Å²) in [6, 6.07) is 17.6. The van der Waals surface area contributed by atoms with E-state index < -0.39 is 0 Å². The molecule has 6 rings (SSSR count). The van der Waals surface area contributed by atoms with Gasteiger partial charge in [0, 0.05) is 18.7 Å². The second-order valence-electron chi connectivity index (χ2n) is 8.97. The average Bonchev–Trinajstić information content (AvgIpc) is 3.39. The highest BCUT2D eigenvalue weighted by atomic mass is 16.1. The molecule has 7 nitrogen and oxygen atoms in total. The highest BCUT2D eigenvalue weighted by Crippen LogP contribution is 2.27. The van der Waals surface area contributed by atoms with Gasteiger partial charge in [0.2, 0.25) is 0 Å². The Balaban J connectivity index is 1.42. The van der Waals surface area contributed by atoms with Crippen LogP contribution in [-0.4, -0.2) is 30.4 Å². The number of aromatic nitrogens is 5. The highest BCUT2D eigenvalue weighted by molar-refractivity contribution is 6.04. The summed E-state index contributed by atoms with van der Waals surface area (Å²) in [5, 5.41) is 3.28. The molecule has 0 fully saturated rings. The van der Waals surface area contributed by atoms with Gasteiger partial charge in [0.15, 0.2) is 5.65 Å². The van der Waals surface area contributed by atoms with Crippen LogP contribution < -0.4 is 5.32 Å². The number of H-pyrrole nitrogens is 1. The molecule has 1 aliphatic heterocycles. The number of nitrogens with zero attached hydrogens (tertiary/aromatic N) is 4. The Morgan fingerprint density at radius 1 is 1.03 bits per heavy atom. The molecule has 2 aromatic carbocycles. The molecule has 1 amide bonds. The molecular weight excluding hydrogens is 424 g/mol. The Labute approximate surface area is 197 Å². The lowest BCUT2D eigenvalue weighted by Gasteiger charge is -2.20. The van der Waals surface area contributed by atoms with E-state index in [2.05, 4.69) is 19.9 Å². The number of hydrogen-bond acceptors (Lipinski definition) is 4. The van der Waals surface area contributed by atoms with Crippen LogP contribution in [0.1, 0.15) is 58.3 Å². The van der Waals surface area contributed by atoms with Crippen molar-refractivity contribution in [1.82, 2.24) is 29.8 Å². The van der Waals surface area contributed by atoms with Gasteiger partial charge < -0.3 is 14.9 Å². The van der Waals surface area contributed by atoms with Gasteiger partial charge in [-0.15, -0.1) is 0 Å². The number of rotatable bonds is 4. The monoisotopic (exact) mass is 450 g/mol. The molecule has 7 heteroatoms. The molecule has 4 heterocycles. The first-order valence-electron chi connectivity index (χ1n) is 11.8. The molecule has 0 bridgehead atoms. The van der Waals surface area contributed by atoms with Gasteiger partial charge in [0.25, 0.3) is 5.91 Å². The first-order chi connectivity index (χ1) is 16.7. The van der Waals surface area contributed by atoms with Crippen molar-refractivity contribution in [3.8, 4) is 0 Å². The molecule has 34 heavy (non-hydrogen) atoms. The molecule has 170 valence electrons. The van der Waals surface area contributed by atoms with Crippen LogP contribution in [-0.2, 0) is 13.0 Å². The van der Waals surface area contributed by atoms with E-state index in [4.69, 9.17) is 9.97 Å². The van der Waals surface area contributed by atoms with Crippen LogP contribution in [0.3, 0.4) is 0 Å². The van der Waals surface area contributed by atoms with Crippen molar-refractivity contribution < 1.29 is 4.79 Å². The topological polar surface area (TPSA) is 88.5 Å². The summed E-state index contributed by atoms with van der Waals surface area (Å²) in [7, 11) is 0. The standard InChI is InChI=1S/C27H26N6O/c1-17-14-20(25-26(30-17)33-13-7-3-6-10-23(33)31-25)27(34)32-24(18-8-4-2-5-9-18)19-11-12-21-22(15-19)29-16-28-21/h2,4-5,8-9,11-12,14-16,24H,3,6-7,10,13H2,1H3,(H,28,29)(H,32,34). The number of aromatic amines is 1. The normalized spacial score (nSPS) is 14.6. The van der Waals surface area contributed by atoms with E-state index in [0.29, 0.717) is 11.1 Å². The Bertz CT molecular complexity index is 1500. The zero-order valence-corrected chi connectivity index (χ0v) is 19.1. The van der Waals surface area contributed by atoms with Crippen molar-refractivity contribution in [3.63, 3.8) is 0 Å². The number of nitrogens with one attached hydrogen (secondary N) is 2. The lowest BCUT2D eigenvalue weighted by molar-refractivity contribution is 0.0944. The maximum Gasteiger partial charge on any atom is 0.254 e. The number of amides is 1. The Hall–Kier alpha value is -4.00. The predicted octanol–water partition coefficient (Wildman–Crippen LogP) is 4.86. The smallest absolute Gasteiger partial charge is 0.254 e. The lowest BCUT2D eigenvalue weighted by atomic mass is 9.97. The van der Waals surface area contributed by atoms with Crippen molar-refractivity contribution in [2.75, 3.05) is 0 Å². The van der Waals surface area contributed by atoms with Crippen LogP contribution in [0.25, 0.3) is 22.2 Å². The molecule has 1 aliphatic rings. The Morgan fingerprint density at radius 2 is 1.91 bits per heavy atom. The van der Waals surface area contributed by atoms with Gasteiger partial charge in [0.1, 0.15) is 11.3 Å². The van der Waals surface area contributed by atoms with Gasteiger partial charge in [-0.25, -0.2) is 15.0 Å². The number of imidazole rings is 2. The SMILES string of the molecule is Cc1cc(C(=O)NC(c2ccccc2)c2ccc3nc[nH]c3c2)c2nc3n(c2n1)CCCCC3. The fourth-order valence-corrected chi connectivity index (χ4v) is 4.93. The van der Waals surface area contributed by atoms with E-state index in [0.717, 1.165) is 65.1 Å². The van der Waals surface area contributed by atoms with E-state index in [1.54, 1.807) is 6.33 Å². The van der Waals surface area contributed by atoms with Gasteiger partial charge in [-0.3, -0.25) is 4.79 Å². The van der Waals surface area contributed by atoms with Crippen LogP contribution in [0, 0.1) is 6.92 Å². The molecule has 3 aromatic heterocycles. The molecule has 1 atom stereocenters. The van der Waals surface area contributed by atoms with E-state index >= 15 is 0 Å². The maximum absolute atomic E-state index is 13.8. The molecular formula is C27H26N6O. The van der Waals surface area contributed by atoms with E-state index in [1.807, 2.05) is 61.5 Å². The van der Waals surface area contributed by atoms with Crippen molar-refractivity contribution >= 4 is 28.1 Å². The van der Waals surface area contributed by atoms with Crippen LogP contribution in [0.15, 0.2) is 60.9 Å². The third kappa shape index (κ3) is 3.63. The second kappa shape index (κ2) is 8.41. The van der Waals surface area contributed by atoms with E-state index in [9.17, 15) is 4.79 Å². The van der Waals surface area contributed by atoms with Crippen LogP contribution in [0.5, 0.6) is 0 Å². The van der Waals surface area contributed by atoms with Gasteiger partial charge in [-0.05, 0) is 49.1 Å². The minimum Gasteiger partial charge on any atom is -0.345 e. The summed E-state index contributed by atoms with van der Waals surface area (Å²) in [5.41, 5.74) is 6.73. The number of fused-ring (bicyclic) bond motifs is 4. The third-order valence-electron chi connectivity index (χ3n) is 6.62. The fraction of sp³-hybridized carbons (Fsp3) is 0.259. The summed E-state index contributed by atoms with van der Waals surface area (Å²) in [4.78, 5) is 30.9. The number of carbonyl (C=O) groups excluding carboxylic acids is 1. The summed E-state index contributed by atoms with van der Waals surface area (Å²) in [6.45, 7) is 2.84. The van der Waals surface area contributed by atoms with Crippen LogP contribution in [0.2, 0.25) is 0 Å². The summed E-state index contributed by atoms with van der Waals surface area (Å²) in [6.07, 6.45) is 6.04. The number of aryl methyl sites for hydroxylation is 3. The molecule has 0 saturated carbocycles. The number of hydrogen-bond donors (Lipinski definition) is 2. The quantitative estimate of drug-likeness (QED) is 0.409. The second-order valence-corrected chi connectivity index (χ2v) is 8.97. The average molecular weight is 451 g/mol. The zero-order valence-electron chi connectivity index (χ0n) is 19.1. The third-order valence-corrected chi connectivity index (χ3v) is 6.62. The van der Waals surface area contributed by atoms with Crippen molar-refractivity contribution in [3.05, 3.63) is 89.1 Å². The summed E-state index contributed by atoms with van der Waals surface area (Å²) < 4.78 is 2.20. The van der Waals surface area contributed by atoms with Crippen molar-refractivity contribution in [2.45, 2.75) is 45.2 Å². The lowest BCUT2D eigenvalue weighted by Crippen LogP contribution is -2.29. The molecule has 0 spiro atoms. The fourth-order valence-electron chi connectivity index (χ4n) is 4.93. The highest BCUT2D eigenvalue weighted by Gasteiger charge is 2.24. The van der Waals surface area contributed by atoms with E-state index in [-0.39, 0.29) is 11.9 Å². The van der Waals surface area contributed by atoms with Gasteiger partial charge in [0.05, 0.1) is 29.0 Å². The molecule has 2 N–H and O–H groups in total. The van der Waals surface area contributed by atoms with Crippen LogP contribution in [0.4, 0.5) is 0 Å². The number of carbonyl (C=O) groups is 1. The number of pyridine rings is 1. The van der Waals surface area contributed by atoms with Crippen LogP contribution >= 0.6 is 0 Å². The minimum absolute atomic E-state index is 0.151. The van der Waals surface area contributed by atoms with Crippen molar-refractivity contribution in [1.29, 1.82) is 0 Å². The van der Waals surface area contributed by atoms with Crippen molar-refractivity contribution in [2.24, 2.45) is 0 Å². The zero-order chi connectivity index (χ0) is 23.1. The Morgan fingerprint density at radius 3 is 2.79 bits per heavy atom. The minimum atomic E-state index is -0.314. The maximum atomic E-state index is 13.8. The van der Waals surface area contributed by atoms with Gasteiger partial charge >= 0.3 is 0 Å². The summed E-state index contributed by atoms with van der Waals surface area (Å²) >= 11 is 0. The van der Waals surface area contributed by atoms with Gasteiger partial charge in [-0.2, -0.15) is 0 Å². The van der Waals surface area contributed by atoms with E-state index in [1.165, 1.54) is 6.42 Å².